The zero-order valence-corrected chi connectivity index (χ0v) is 12.2. The predicted molar refractivity (Wildman–Crippen MR) is 78.4 cm³/mol. The minimum atomic E-state index is -0.231. The first kappa shape index (κ1) is 15.7. The summed E-state index contributed by atoms with van der Waals surface area (Å²) in [4.78, 5) is 14.2. The van der Waals surface area contributed by atoms with Crippen molar-refractivity contribution in [1.82, 2.24) is 5.32 Å². The predicted octanol–water partition coefficient (Wildman–Crippen LogP) is 2.05. The Morgan fingerprint density at radius 1 is 1.32 bits per heavy atom. The molecule has 0 fully saturated rings. The molecule has 0 unspecified atom stereocenters. The van der Waals surface area contributed by atoms with Crippen molar-refractivity contribution in [3.8, 4) is 0 Å². The molecule has 0 aliphatic carbocycles. The van der Waals surface area contributed by atoms with Gasteiger partial charge in [-0.05, 0) is 32.9 Å². The minimum absolute atomic E-state index is 0.0802. The van der Waals surface area contributed by atoms with Crippen molar-refractivity contribution in [2.75, 3.05) is 25.2 Å². The van der Waals surface area contributed by atoms with E-state index in [4.69, 9.17) is 4.74 Å². The molecule has 0 bridgehead atoms. The first-order chi connectivity index (χ1) is 9.10. The summed E-state index contributed by atoms with van der Waals surface area (Å²) in [5.41, 5.74) is 0.933. The number of hydrogen-bond donors (Lipinski definition) is 1. The Hall–Kier alpha value is -1.39. The number of likely N-dealkylation sites (N-methyl/N-ethyl adjacent to an activating group) is 1. The lowest BCUT2D eigenvalue weighted by Gasteiger charge is -2.26. The lowest BCUT2D eigenvalue weighted by atomic mass is 10.2. The quantitative estimate of drug-likeness (QED) is 0.819. The number of nitrogens with one attached hydrogen (secondary N) is 1. The van der Waals surface area contributed by atoms with Gasteiger partial charge in [0.2, 0.25) is 5.91 Å². The first-order valence-electron chi connectivity index (χ1n) is 6.71. The Balaban J connectivity index is 2.68. The van der Waals surface area contributed by atoms with Gasteiger partial charge in [-0.15, -0.1) is 0 Å². The molecule has 1 N–H and O–H groups in total. The van der Waals surface area contributed by atoms with Crippen LogP contribution in [0.5, 0.6) is 0 Å². The molecule has 0 saturated heterocycles. The largest absolute Gasteiger partial charge is 0.383 e. The van der Waals surface area contributed by atoms with Crippen molar-refractivity contribution in [1.29, 1.82) is 0 Å². The molecule has 0 heterocycles. The third-order valence-electron chi connectivity index (χ3n) is 2.97. The van der Waals surface area contributed by atoms with Gasteiger partial charge in [0.05, 0.1) is 12.6 Å². The first-order valence-corrected chi connectivity index (χ1v) is 6.71. The van der Waals surface area contributed by atoms with E-state index in [2.05, 4.69) is 5.32 Å². The van der Waals surface area contributed by atoms with Crippen molar-refractivity contribution in [3.63, 3.8) is 0 Å². The topological polar surface area (TPSA) is 41.6 Å². The summed E-state index contributed by atoms with van der Waals surface area (Å²) in [7, 11) is 1.66. The van der Waals surface area contributed by atoms with Gasteiger partial charge < -0.3 is 15.0 Å². The molecule has 1 aromatic rings. The van der Waals surface area contributed by atoms with Gasteiger partial charge in [-0.2, -0.15) is 0 Å². The highest BCUT2D eigenvalue weighted by atomic mass is 16.5. The van der Waals surface area contributed by atoms with E-state index in [9.17, 15) is 4.79 Å². The standard InChI is InChI=1S/C15H24N2O2/c1-5-17(14-9-7-6-8-10-14)15(18)13(3)16-12(2)11-19-4/h6-10,12-13,16H,5,11H2,1-4H3/t12-,13-/m0/s1. The molecule has 4 nitrogen and oxygen atoms in total. The van der Waals surface area contributed by atoms with Crippen LogP contribution in [0.2, 0.25) is 0 Å². The van der Waals surface area contributed by atoms with Gasteiger partial charge in [-0.3, -0.25) is 4.79 Å². The number of hydrogen-bond acceptors (Lipinski definition) is 3. The normalized spacial score (nSPS) is 13.9. The maximum atomic E-state index is 12.4. The lowest BCUT2D eigenvalue weighted by molar-refractivity contribution is -0.120. The van der Waals surface area contributed by atoms with Crippen LogP contribution in [0.15, 0.2) is 30.3 Å². The fourth-order valence-corrected chi connectivity index (χ4v) is 2.10. The van der Waals surface area contributed by atoms with Crippen LogP contribution >= 0.6 is 0 Å². The highest BCUT2D eigenvalue weighted by Crippen LogP contribution is 2.14. The molecule has 0 aromatic heterocycles. The highest BCUT2D eigenvalue weighted by molar-refractivity contribution is 5.96. The van der Waals surface area contributed by atoms with Gasteiger partial charge in [0.1, 0.15) is 0 Å². The summed E-state index contributed by atoms with van der Waals surface area (Å²) in [6, 6.07) is 9.65. The Morgan fingerprint density at radius 3 is 2.47 bits per heavy atom. The monoisotopic (exact) mass is 264 g/mol. The Labute approximate surface area is 115 Å². The third kappa shape index (κ3) is 4.65. The lowest BCUT2D eigenvalue weighted by Crippen LogP contribution is -2.48. The zero-order chi connectivity index (χ0) is 14.3. The average molecular weight is 264 g/mol. The minimum Gasteiger partial charge on any atom is -0.383 e. The van der Waals surface area contributed by atoms with Crippen molar-refractivity contribution < 1.29 is 9.53 Å². The fraction of sp³-hybridized carbons (Fsp3) is 0.533. The maximum absolute atomic E-state index is 12.4. The molecule has 1 aromatic carbocycles. The zero-order valence-electron chi connectivity index (χ0n) is 12.2. The number of benzene rings is 1. The number of amides is 1. The van der Waals surface area contributed by atoms with Gasteiger partial charge in [0.25, 0.3) is 0 Å². The average Bonchev–Trinajstić information content (AvgIpc) is 2.40. The summed E-state index contributed by atoms with van der Waals surface area (Å²) >= 11 is 0. The van der Waals surface area contributed by atoms with Crippen LogP contribution in [0.25, 0.3) is 0 Å². The van der Waals surface area contributed by atoms with Crippen LogP contribution in [-0.2, 0) is 9.53 Å². The molecule has 2 atom stereocenters. The van der Waals surface area contributed by atoms with E-state index >= 15 is 0 Å². The van der Waals surface area contributed by atoms with E-state index in [1.54, 1.807) is 12.0 Å². The van der Waals surface area contributed by atoms with Crippen LogP contribution in [0, 0.1) is 0 Å². The Kier molecular flexibility index (Phi) is 6.53. The summed E-state index contributed by atoms with van der Waals surface area (Å²) in [5.74, 6) is 0.0802. The van der Waals surface area contributed by atoms with Gasteiger partial charge in [-0.25, -0.2) is 0 Å². The van der Waals surface area contributed by atoms with Gasteiger partial charge >= 0.3 is 0 Å². The summed E-state index contributed by atoms with van der Waals surface area (Å²) in [6.45, 7) is 7.13. The number of anilines is 1. The Bertz CT molecular complexity index is 381. The number of carbonyl (C=O) groups excluding carboxylic acids is 1. The van der Waals surface area contributed by atoms with Crippen LogP contribution in [0.3, 0.4) is 0 Å². The van der Waals surface area contributed by atoms with Crippen LogP contribution in [0.4, 0.5) is 5.69 Å². The number of carbonyl (C=O) groups is 1. The van der Waals surface area contributed by atoms with E-state index in [0.29, 0.717) is 13.2 Å². The number of ether oxygens (including phenoxy) is 1. The van der Waals surface area contributed by atoms with Gasteiger partial charge in [-0.1, -0.05) is 18.2 Å². The highest BCUT2D eigenvalue weighted by Gasteiger charge is 2.21. The van der Waals surface area contributed by atoms with Crippen LogP contribution in [-0.4, -0.2) is 38.3 Å². The second kappa shape index (κ2) is 7.92. The van der Waals surface area contributed by atoms with Crippen molar-refractivity contribution in [2.24, 2.45) is 0 Å². The van der Waals surface area contributed by atoms with Gasteiger partial charge in [0, 0.05) is 25.4 Å². The van der Waals surface area contributed by atoms with E-state index in [0.717, 1.165) is 5.69 Å². The number of nitrogens with zero attached hydrogens (tertiary/aromatic N) is 1. The van der Waals surface area contributed by atoms with E-state index in [-0.39, 0.29) is 18.0 Å². The van der Waals surface area contributed by atoms with E-state index in [1.165, 1.54) is 0 Å². The molecule has 106 valence electrons. The molecule has 4 heteroatoms. The second-order valence-corrected chi connectivity index (χ2v) is 4.66. The van der Waals surface area contributed by atoms with E-state index in [1.807, 2.05) is 51.1 Å². The molecular formula is C15H24N2O2. The maximum Gasteiger partial charge on any atom is 0.243 e. The molecule has 1 amide bonds. The molecule has 1 rings (SSSR count). The summed E-state index contributed by atoms with van der Waals surface area (Å²) in [6.07, 6.45) is 0. The Morgan fingerprint density at radius 2 is 1.95 bits per heavy atom. The van der Waals surface area contributed by atoms with E-state index < -0.39 is 0 Å². The fourth-order valence-electron chi connectivity index (χ4n) is 2.10. The van der Waals surface area contributed by atoms with Crippen LogP contribution in [0.1, 0.15) is 20.8 Å². The molecule has 0 aliphatic heterocycles. The molecular weight excluding hydrogens is 240 g/mol. The smallest absolute Gasteiger partial charge is 0.243 e. The number of para-hydroxylation sites is 1. The van der Waals surface area contributed by atoms with Crippen LogP contribution < -0.4 is 10.2 Å². The molecule has 0 radical (unpaired) electrons. The summed E-state index contributed by atoms with van der Waals surface area (Å²) < 4.78 is 5.07. The second-order valence-electron chi connectivity index (χ2n) is 4.66. The van der Waals surface area contributed by atoms with Gasteiger partial charge in [0.15, 0.2) is 0 Å². The molecule has 19 heavy (non-hydrogen) atoms. The third-order valence-corrected chi connectivity index (χ3v) is 2.97. The molecule has 0 spiro atoms. The molecule has 0 saturated carbocycles. The van der Waals surface area contributed by atoms with Crippen molar-refractivity contribution >= 4 is 11.6 Å². The molecule has 0 aliphatic rings. The number of rotatable bonds is 7. The van der Waals surface area contributed by atoms with Crippen molar-refractivity contribution in [2.45, 2.75) is 32.9 Å². The summed E-state index contributed by atoms with van der Waals surface area (Å²) in [5, 5.41) is 3.25. The SMILES string of the molecule is CCN(C(=O)[C@H](C)N[C@@H](C)COC)c1ccccc1. The number of methoxy groups -OCH3 is 1. The van der Waals surface area contributed by atoms with Crippen molar-refractivity contribution in [3.05, 3.63) is 30.3 Å².